The van der Waals surface area contributed by atoms with Gasteiger partial charge in [-0.3, -0.25) is 4.79 Å². The summed E-state index contributed by atoms with van der Waals surface area (Å²) in [6.45, 7) is 0. The Hall–Kier alpha value is -2.82. The molecule has 1 aliphatic heterocycles. The van der Waals surface area contributed by atoms with E-state index < -0.39 is 12.1 Å². The fraction of sp³-hybridized carbons (Fsp3) is 0.176. The first-order chi connectivity index (χ1) is 10.7. The zero-order valence-electron chi connectivity index (χ0n) is 12.0. The molecule has 0 saturated heterocycles. The van der Waals surface area contributed by atoms with Gasteiger partial charge in [0.15, 0.2) is 6.10 Å². The molecule has 0 saturated carbocycles. The summed E-state index contributed by atoms with van der Waals surface area (Å²) in [7, 11) is 1.56. The van der Waals surface area contributed by atoms with Crippen LogP contribution in [0.4, 0.5) is 5.69 Å². The first-order valence-corrected chi connectivity index (χ1v) is 6.91. The fourth-order valence-electron chi connectivity index (χ4n) is 2.40. The number of hydrogen-bond donors (Lipinski definition) is 1. The van der Waals surface area contributed by atoms with Gasteiger partial charge in [0.2, 0.25) is 0 Å². The molecule has 0 radical (unpaired) electrons. The molecular weight excluding hydrogens is 282 g/mol. The third kappa shape index (κ3) is 2.79. The number of anilines is 1. The van der Waals surface area contributed by atoms with E-state index in [2.05, 4.69) is 5.32 Å². The zero-order chi connectivity index (χ0) is 15.5. The van der Waals surface area contributed by atoms with Crippen LogP contribution in [0.25, 0.3) is 0 Å². The highest BCUT2D eigenvalue weighted by Gasteiger charge is 2.31. The molecule has 0 aliphatic carbocycles. The maximum atomic E-state index is 12.3. The van der Waals surface area contributed by atoms with Gasteiger partial charge >= 0.3 is 5.97 Å². The Morgan fingerprint density at radius 3 is 2.86 bits per heavy atom. The van der Waals surface area contributed by atoms with Gasteiger partial charge in [-0.2, -0.15) is 0 Å². The molecule has 0 fully saturated rings. The lowest BCUT2D eigenvalue weighted by Crippen LogP contribution is -2.37. The quantitative estimate of drug-likeness (QED) is 0.884. The highest BCUT2D eigenvalue weighted by Crippen LogP contribution is 2.22. The molecule has 3 rings (SSSR count). The van der Waals surface area contributed by atoms with E-state index in [0.717, 1.165) is 5.56 Å². The van der Waals surface area contributed by atoms with Crippen LogP contribution >= 0.6 is 0 Å². The summed E-state index contributed by atoms with van der Waals surface area (Å²) < 4.78 is 10.3. The smallest absolute Gasteiger partial charge is 0.339 e. The third-order valence-corrected chi connectivity index (χ3v) is 3.52. The van der Waals surface area contributed by atoms with Gasteiger partial charge in [0.25, 0.3) is 5.91 Å². The number of hydrogen-bond acceptors (Lipinski definition) is 4. The van der Waals surface area contributed by atoms with Gasteiger partial charge in [0, 0.05) is 18.2 Å². The Balaban J connectivity index is 1.75. The van der Waals surface area contributed by atoms with E-state index in [4.69, 9.17) is 9.47 Å². The van der Waals surface area contributed by atoms with Crippen molar-refractivity contribution < 1.29 is 19.1 Å². The van der Waals surface area contributed by atoms with Crippen LogP contribution in [0.3, 0.4) is 0 Å². The van der Waals surface area contributed by atoms with Crippen LogP contribution in [-0.4, -0.2) is 25.1 Å². The standard InChI is InChI=1S/C17H15NO4/c1-21-13-7-4-6-12(10-13)18-16(19)15-9-11-5-2-3-8-14(11)17(20)22-15/h2-8,10,15H,9H2,1H3,(H,18,19)/t15-/m0/s1. The molecule has 0 aromatic heterocycles. The van der Waals surface area contributed by atoms with Gasteiger partial charge in [-0.15, -0.1) is 0 Å². The topological polar surface area (TPSA) is 64.6 Å². The van der Waals surface area contributed by atoms with Gasteiger partial charge in [-0.1, -0.05) is 24.3 Å². The number of fused-ring (bicyclic) bond motifs is 1. The number of rotatable bonds is 3. The third-order valence-electron chi connectivity index (χ3n) is 3.52. The lowest BCUT2D eigenvalue weighted by molar-refractivity contribution is -0.125. The second-order valence-corrected chi connectivity index (χ2v) is 4.98. The van der Waals surface area contributed by atoms with Crippen molar-refractivity contribution in [2.75, 3.05) is 12.4 Å². The van der Waals surface area contributed by atoms with Crippen molar-refractivity contribution in [3.05, 3.63) is 59.7 Å². The van der Waals surface area contributed by atoms with E-state index in [0.29, 0.717) is 23.4 Å². The normalized spacial score (nSPS) is 16.4. The lowest BCUT2D eigenvalue weighted by Gasteiger charge is -2.23. The highest BCUT2D eigenvalue weighted by molar-refractivity contribution is 6.00. The van der Waals surface area contributed by atoms with Crippen molar-refractivity contribution in [1.29, 1.82) is 0 Å². The Morgan fingerprint density at radius 2 is 2.05 bits per heavy atom. The van der Waals surface area contributed by atoms with E-state index in [9.17, 15) is 9.59 Å². The van der Waals surface area contributed by atoms with Gasteiger partial charge in [0.05, 0.1) is 12.7 Å². The predicted molar refractivity (Wildman–Crippen MR) is 81.0 cm³/mol. The molecule has 0 spiro atoms. The predicted octanol–water partition coefficient (Wildman–Crippen LogP) is 2.42. The van der Waals surface area contributed by atoms with Crippen molar-refractivity contribution >= 4 is 17.6 Å². The fourth-order valence-corrected chi connectivity index (χ4v) is 2.40. The van der Waals surface area contributed by atoms with Crippen LogP contribution in [0.15, 0.2) is 48.5 Å². The summed E-state index contributed by atoms with van der Waals surface area (Å²) in [4.78, 5) is 24.2. The van der Waals surface area contributed by atoms with Crippen molar-refractivity contribution in [1.82, 2.24) is 0 Å². The Labute approximate surface area is 127 Å². The maximum absolute atomic E-state index is 12.3. The monoisotopic (exact) mass is 297 g/mol. The van der Waals surface area contributed by atoms with E-state index in [1.165, 1.54) is 0 Å². The summed E-state index contributed by atoms with van der Waals surface area (Å²) in [6, 6.07) is 14.2. The molecule has 1 amide bonds. The zero-order valence-corrected chi connectivity index (χ0v) is 12.0. The molecule has 1 aliphatic rings. The van der Waals surface area contributed by atoms with Gasteiger partial charge in [-0.05, 0) is 23.8 Å². The summed E-state index contributed by atoms with van der Waals surface area (Å²) in [5.74, 6) is -0.174. The first kappa shape index (κ1) is 14.1. The van der Waals surface area contributed by atoms with Crippen LogP contribution in [0.2, 0.25) is 0 Å². The molecule has 0 bridgehead atoms. The number of carbonyl (C=O) groups is 2. The van der Waals surface area contributed by atoms with Gasteiger partial charge in [0.1, 0.15) is 5.75 Å². The average Bonchev–Trinajstić information content (AvgIpc) is 2.55. The Bertz CT molecular complexity index is 726. The van der Waals surface area contributed by atoms with E-state index >= 15 is 0 Å². The summed E-state index contributed by atoms with van der Waals surface area (Å²) >= 11 is 0. The molecule has 2 aromatic carbocycles. The molecule has 112 valence electrons. The number of amides is 1. The number of ether oxygens (including phenoxy) is 2. The number of carbonyl (C=O) groups excluding carboxylic acids is 2. The molecular formula is C17H15NO4. The lowest BCUT2D eigenvalue weighted by atomic mass is 9.98. The minimum absolute atomic E-state index is 0.351. The molecule has 5 heteroatoms. The molecule has 1 atom stereocenters. The van der Waals surface area contributed by atoms with E-state index in [-0.39, 0.29) is 5.91 Å². The Morgan fingerprint density at radius 1 is 1.23 bits per heavy atom. The SMILES string of the molecule is COc1cccc(NC(=O)[C@@H]2Cc3ccccc3C(=O)O2)c1. The molecule has 1 N–H and O–H groups in total. The first-order valence-electron chi connectivity index (χ1n) is 6.91. The van der Waals surface area contributed by atoms with Crippen LogP contribution in [0.5, 0.6) is 5.75 Å². The minimum Gasteiger partial charge on any atom is -0.497 e. The molecule has 2 aromatic rings. The second kappa shape index (κ2) is 5.89. The number of esters is 1. The number of cyclic esters (lactones) is 1. The van der Waals surface area contributed by atoms with E-state index in [1.807, 2.05) is 12.1 Å². The number of nitrogens with one attached hydrogen (secondary N) is 1. The number of methoxy groups -OCH3 is 1. The molecule has 22 heavy (non-hydrogen) atoms. The minimum atomic E-state index is -0.825. The van der Waals surface area contributed by atoms with Gasteiger partial charge in [-0.25, -0.2) is 4.79 Å². The van der Waals surface area contributed by atoms with Crippen LogP contribution in [-0.2, 0) is 16.0 Å². The number of benzene rings is 2. The summed E-state index contributed by atoms with van der Waals surface area (Å²) in [5, 5.41) is 2.74. The van der Waals surface area contributed by atoms with Gasteiger partial charge < -0.3 is 14.8 Å². The van der Waals surface area contributed by atoms with Crippen LogP contribution < -0.4 is 10.1 Å². The largest absolute Gasteiger partial charge is 0.497 e. The highest BCUT2D eigenvalue weighted by atomic mass is 16.5. The summed E-state index contributed by atoms with van der Waals surface area (Å²) in [6.07, 6.45) is -0.453. The van der Waals surface area contributed by atoms with Crippen LogP contribution in [0.1, 0.15) is 15.9 Å². The molecule has 5 nitrogen and oxygen atoms in total. The molecule has 1 heterocycles. The Kier molecular flexibility index (Phi) is 3.78. The van der Waals surface area contributed by atoms with E-state index in [1.54, 1.807) is 43.5 Å². The van der Waals surface area contributed by atoms with Crippen molar-refractivity contribution in [2.45, 2.75) is 12.5 Å². The summed E-state index contributed by atoms with van der Waals surface area (Å²) in [5.41, 5.74) is 1.94. The van der Waals surface area contributed by atoms with Crippen molar-refractivity contribution in [3.8, 4) is 5.75 Å². The molecule has 0 unspecified atom stereocenters. The van der Waals surface area contributed by atoms with Crippen molar-refractivity contribution in [2.24, 2.45) is 0 Å². The average molecular weight is 297 g/mol. The van der Waals surface area contributed by atoms with Crippen molar-refractivity contribution in [3.63, 3.8) is 0 Å². The maximum Gasteiger partial charge on any atom is 0.339 e. The second-order valence-electron chi connectivity index (χ2n) is 4.98. The van der Waals surface area contributed by atoms with Crippen LogP contribution in [0, 0.1) is 0 Å².